The second kappa shape index (κ2) is 8.41. The third-order valence-electron chi connectivity index (χ3n) is 4.70. The van der Waals surface area contributed by atoms with E-state index in [1.807, 2.05) is 32.0 Å². The number of aliphatic imine (C=N–C) groups is 1. The molecule has 4 rings (SSSR count). The molecule has 1 amide bonds. The minimum Gasteiger partial charge on any atom is -0.457 e. The van der Waals surface area contributed by atoms with Gasteiger partial charge >= 0.3 is 0 Å². The number of furan rings is 1. The zero-order valence-electron chi connectivity index (χ0n) is 16.5. The second-order valence-corrected chi connectivity index (χ2v) is 8.31. The van der Waals surface area contributed by atoms with E-state index in [0.29, 0.717) is 27.2 Å². The summed E-state index contributed by atoms with van der Waals surface area (Å²) < 4.78 is 5.76. The number of nitrogens with zero attached hydrogens (tertiary/aromatic N) is 2. The van der Waals surface area contributed by atoms with Crippen molar-refractivity contribution < 1.29 is 14.1 Å². The fourth-order valence-corrected chi connectivity index (χ4v) is 3.92. The standard InChI is InChI=1S/C22H16ClN3O4S/c1-12-3-5-15(9-13(12)2)24-22-25-21(27)20(31-22)11-16-6-8-19(30-16)14-4-7-17(23)18(10-14)26(28)29/h3-11H,1-2H3,(H,24,25,27)/b20-11+. The lowest BCUT2D eigenvalue weighted by Gasteiger charge is -2.01. The molecule has 2 aromatic carbocycles. The van der Waals surface area contributed by atoms with Gasteiger partial charge in [-0.05, 0) is 73.1 Å². The first-order chi connectivity index (χ1) is 14.8. The number of nitro groups is 1. The van der Waals surface area contributed by atoms with Gasteiger partial charge in [-0.25, -0.2) is 4.99 Å². The first kappa shape index (κ1) is 20.9. The predicted octanol–water partition coefficient (Wildman–Crippen LogP) is 6.02. The molecule has 2 heterocycles. The van der Waals surface area contributed by atoms with Crippen molar-refractivity contribution in [1.82, 2.24) is 5.32 Å². The number of thioether (sulfide) groups is 1. The summed E-state index contributed by atoms with van der Waals surface area (Å²) in [5, 5.41) is 14.4. The maximum absolute atomic E-state index is 12.3. The molecule has 1 N–H and O–H groups in total. The Kier molecular flexibility index (Phi) is 5.67. The number of carbonyl (C=O) groups is 1. The molecule has 0 spiro atoms. The van der Waals surface area contributed by atoms with Crippen LogP contribution in [0.15, 0.2) is 62.8 Å². The van der Waals surface area contributed by atoms with Crippen LogP contribution in [0.5, 0.6) is 0 Å². The summed E-state index contributed by atoms with van der Waals surface area (Å²) in [5.74, 6) is 0.601. The molecular weight excluding hydrogens is 438 g/mol. The molecule has 31 heavy (non-hydrogen) atoms. The van der Waals surface area contributed by atoms with Gasteiger partial charge in [0.05, 0.1) is 15.5 Å². The number of halogens is 1. The molecule has 0 atom stereocenters. The molecule has 0 unspecified atom stereocenters. The van der Waals surface area contributed by atoms with E-state index < -0.39 is 4.92 Å². The van der Waals surface area contributed by atoms with Crippen LogP contribution >= 0.6 is 23.4 Å². The maximum Gasteiger partial charge on any atom is 0.288 e. The van der Waals surface area contributed by atoms with Gasteiger partial charge in [-0.15, -0.1) is 0 Å². The third kappa shape index (κ3) is 4.55. The van der Waals surface area contributed by atoms with Gasteiger partial charge in [0.2, 0.25) is 0 Å². The summed E-state index contributed by atoms with van der Waals surface area (Å²) in [5.41, 5.74) is 3.37. The van der Waals surface area contributed by atoms with Crippen molar-refractivity contribution >= 4 is 51.9 Å². The fraction of sp³-hybridized carbons (Fsp3) is 0.0909. The second-order valence-electron chi connectivity index (χ2n) is 6.88. The zero-order valence-corrected chi connectivity index (χ0v) is 18.1. The average Bonchev–Trinajstić information content (AvgIpc) is 3.32. The number of rotatable bonds is 4. The molecule has 1 fully saturated rings. The van der Waals surface area contributed by atoms with Crippen LogP contribution in [0.2, 0.25) is 5.02 Å². The Bertz CT molecular complexity index is 1280. The van der Waals surface area contributed by atoms with Gasteiger partial charge < -0.3 is 9.73 Å². The maximum atomic E-state index is 12.3. The summed E-state index contributed by atoms with van der Waals surface area (Å²) in [6.45, 7) is 4.04. The molecule has 1 aliphatic rings. The summed E-state index contributed by atoms with van der Waals surface area (Å²) in [7, 11) is 0. The highest BCUT2D eigenvalue weighted by Gasteiger charge is 2.24. The van der Waals surface area contributed by atoms with E-state index in [0.717, 1.165) is 11.3 Å². The van der Waals surface area contributed by atoms with Crippen molar-refractivity contribution in [1.29, 1.82) is 0 Å². The molecule has 1 aliphatic heterocycles. The van der Waals surface area contributed by atoms with Crippen LogP contribution in [0.1, 0.15) is 16.9 Å². The molecule has 1 aromatic heterocycles. The van der Waals surface area contributed by atoms with Crippen LogP contribution in [0.3, 0.4) is 0 Å². The smallest absolute Gasteiger partial charge is 0.288 e. The van der Waals surface area contributed by atoms with Crippen molar-refractivity contribution in [3.8, 4) is 11.3 Å². The topological polar surface area (TPSA) is 97.7 Å². The van der Waals surface area contributed by atoms with Crippen LogP contribution in [0.25, 0.3) is 17.4 Å². The predicted molar refractivity (Wildman–Crippen MR) is 123 cm³/mol. The molecule has 156 valence electrons. The minimum absolute atomic E-state index is 0.0530. The average molecular weight is 454 g/mol. The highest BCUT2D eigenvalue weighted by atomic mass is 35.5. The van der Waals surface area contributed by atoms with Crippen molar-refractivity contribution in [2.45, 2.75) is 13.8 Å². The van der Waals surface area contributed by atoms with E-state index in [1.165, 1.54) is 29.5 Å². The zero-order chi connectivity index (χ0) is 22.1. The number of benzene rings is 2. The largest absolute Gasteiger partial charge is 0.457 e. The lowest BCUT2D eigenvalue weighted by atomic mass is 10.1. The first-order valence-electron chi connectivity index (χ1n) is 9.21. The molecule has 1 saturated heterocycles. The lowest BCUT2D eigenvalue weighted by molar-refractivity contribution is -0.384. The van der Waals surface area contributed by atoms with Crippen LogP contribution in [-0.4, -0.2) is 16.0 Å². The molecule has 0 aliphatic carbocycles. The van der Waals surface area contributed by atoms with Crippen molar-refractivity contribution in [3.05, 3.63) is 85.5 Å². The Labute approximate surface area is 187 Å². The molecule has 7 nitrogen and oxygen atoms in total. The highest BCUT2D eigenvalue weighted by Crippen LogP contribution is 2.33. The van der Waals surface area contributed by atoms with Gasteiger partial charge in [-0.3, -0.25) is 14.9 Å². The van der Waals surface area contributed by atoms with Crippen molar-refractivity contribution in [3.63, 3.8) is 0 Å². The molecule has 3 aromatic rings. The van der Waals surface area contributed by atoms with Gasteiger partial charge in [-0.1, -0.05) is 17.7 Å². The van der Waals surface area contributed by atoms with Gasteiger partial charge in [0.15, 0.2) is 5.17 Å². The van der Waals surface area contributed by atoms with Crippen molar-refractivity contribution in [2.75, 3.05) is 0 Å². The Morgan fingerprint density at radius 1 is 1.13 bits per heavy atom. The molecule has 9 heteroatoms. The number of amides is 1. The van der Waals surface area contributed by atoms with Gasteiger partial charge in [0.25, 0.3) is 11.6 Å². The first-order valence-corrected chi connectivity index (χ1v) is 10.4. The van der Waals surface area contributed by atoms with E-state index in [-0.39, 0.29) is 16.6 Å². The van der Waals surface area contributed by atoms with E-state index in [9.17, 15) is 14.9 Å². The number of aryl methyl sites for hydroxylation is 2. The fourth-order valence-electron chi connectivity index (χ4n) is 2.91. The van der Waals surface area contributed by atoms with Gasteiger partial charge in [0, 0.05) is 17.7 Å². The Hall–Kier alpha value is -3.36. The molecule has 0 radical (unpaired) electrons. The monoisotopic (exact) mass is 453 g/mol. The third-order valence-corrected chi connectivity index (χ3v) is 5.93. The quantitative estimate of drug-likeness (QED) is 0.296. The van der Waals surface area contributed by atoms with Gasteiger partial charge in [-0.2, -0.15) is 0 Å². The number of hydrogen-bond donors (Lipinski definition) is 1. The minimum atomic E-state index is -0.548. The number of hydrogen-bond acceptors (Lipinski definition) is 6. The summed E-state index contributed by atoms with van der Waals surface area (Å²) in [4.78, 5) is 27.8. The van der Waals surface area contributed by atoms with Crippen LogP contribution < -0.4 is 5.32 Å². The Balaban J connectivity index is 1.56. The molecule has 0 saturated carbocycles. The van der Waals surface area contributed by atoms with E-state index >= 15 is 0 Å². The summed E-state index contributed by atoms with van der Waals surface area (Å²) in [6, 6.07) is 13.6. The number of carbonyl (C=O) groups excluding carboxylic acids is 1. The Morgan fingerprint density at radius 2 is 1.94 bits per heavy atom. The number of amidine groups is 1. The van der Waals surface area contributed by atoms with E-state index in [1.54, 1.807) is 24.3 Å². The van der Waals surface area contributed by atoms with Crippen LogP contribution in [0.4, 0.5) is 11.4 Å². The van der Waals surface area contributed by atoms with Gasteiger partial charge in [0.1, 0.15) is 16.5 Å². The SMILES string of the molecule is Cc1ccc(N=C2NC(=O)/C(=C\c3ccc(-c4ccc(Cl)c([N+](=O)[O-])c4)o3)S2)cc1C. The number of nitrogens with one attached hydrogen (secondary N) is 1. The van der Waals surface area contributed by atoms with Crippen LogP contribution in [0, 0.1) is 24.0 Å². The Morgan fingerprint density at radius 3 is 2.68 bits per heavy atom. The molecular formula is C22H16ClN3O4S. The van der Waals surface area contributed by atoms with Crippen molar-refractivity contribution in [2.24, 2.45) is 4.99 Å². The normalized spacial score (nSPS) is 16.2. The summed E-state index contributed by atoms with van der Waals surface area (Å²) in [6.07, 6.45) is 1.61. The summed E-state index contributed by atoms with van der Waals surface area (Å²) >= 11 is 7.08. The van der Waals surface area contributed by atoms with Crippen LogP contribution in [-0.2, 0) is 4.79 Å². The van der Waals surface area contributed by atoms with E-state index in [4.69, 9.17) is 16.0 Å². The molecule has 0 bridgehead atoms. The lowest BCUT2D eigenvalue weighted by Crippen LogP contribution is -2.19. The highest BCUT2D eigenvalue weighted by molar-refractivity contribution is 8.18. The van der Waals surface area contributed by atoms with E-state index in [2.05, 4.69) is 10.3 Å². The number of nitro benzene ring substituents is 1.